The second kappa shape index (κ2) is 7.00. The third-order valence-corrected chi connectivity index (χ3v) is 5.39. The smallest absolute Gasteiger partial charge is 0.324 e. The van der Waals surface area contributed by atoms with Crippen molar-refractivity contribution in [3.8, 4) is 0 Å². The van der Waals surface area contributed by atoms with Crippen molar-refractivity contribution in [2.45, 2.75) is 32.2 Å². The summed E-state index contributed by atoms with van der Waals surface area (Å²) in [7, 11) is -3.46. The van der Waals surface area contributed by atoms with Crippen molar-refractivity contribution in [1.29, 1.82) is 0 Å². The van der Waals surface area contributed by atoms with Gasteiger partial charge in [-0.1, -0.05) is 0 Å². The SMILES string of the molecule is CCOC(=O)C1CCCN1S(=O)(=O)CCc1ccncc1. The van der Waals surface area contributed by atoms with Crippen LogP contribution in [0.4, 0.5) is 0 Å². The van der Waals surface area contributed by atoms with Gasteiger partial charge in [0.05, 0.1) is 12.4 Å². The number of aryl methyl sites for hydroxylation is 1. The Morgan fingerprint density at radius 2 is 2.14 bits per heavy atom. The molecule has 6 nitrogen and oxygen atoms in total. The number of pyridine rings is 1. The average molecular weight is 312 g/mol. The lowest BCUT2D eigenvalue weighted by molar-refractivity contribution is -0.146. The first-order valence-electron chi connectivity index (χ1n) is 7.09. The summed E-state index contributed by atoms with van der Waals surface area (Å²) >= 11 is 0. The second-order valence-corrected chi connectivity index (χ2v) is 6.98. The van der Waals surface area contributed by atoms with Gasteiger partial charge in [0.25, 0.3) is 0 Å². The van der Waals surface area contributed by atoms with E-state index in [4.69, 9.17) is 4.74 Å². The molecule has 0 aliphatic carbocycles. The van der Waals surface area contributed by atoms with Crippen LogP contribution in [0.3, 0.4) is 0 Å². The van der Waals surface area contributed by atoms with Gasteiger partial charge in [-0.3, -0.25) is 9.78 Å². The molecule has 0 spiro atoms. The molecule has 2 rings (SSSR count). The highest BCUT2D eigenvalue weighted by atomic mass is 32.2. The highest BCUT2D eigenvalue weighted by Gasteiger charge is 2.39. The molecule has 0 N–H and O–H groups in total. The van der Waals surface area contributed by atoms with Crippen molar-refractivity contribution in [1.82, 2.24) is 9.29 Å². The van der Waals surface area contributed by atoms with Gasteiger partial charge < -0.3 is 4.74 Å². The summed E-state index contributed by atoms with van der Waals surface area (Å²) in [6.45, 7) is 2.37. The zero-order chi connectivity index (χ0) is 15.3. The second-order valence-electron chi connectivity index (χ2n) is 4.94. The van der Waals surface area contributed by atoms with Crippen molar-refractivity contribution >= 4 is 16.0 Å². The van der Waals surface area contributed by atoms with E-state index in [1.165, 1.54) is 4.31 Å². The van der Waals surface area contributed by atoms with E-state index in [0.29, 0.717) is 25.8 Å². The maximum atomic E-state index is 12.4. The van der Waals surface area contributed by atoms with E-state index in [-0.39, 0.29) is 12.4 Å². The monoisotopic (exact) mass is 312 g/mol. The van der Waals surface area contributed by atoms with Crippen molar-refractivity contribution < 1.29 is 17.9 Å². The predicted octanol–water partition coefficient (Wildman–Crippen LogP) is 0.981. The van der Waals surface area contributed by atoms with Crippen LogP contribution < -0.4 is 0 Å². The molecule has 1 aliphatic rings. The molecule has 2 heterocycles. The summed E-state index contributed by atoms with van der Waals surface area (Å²) in [4.78, 5) is 15.7. The first-order valence-corrected chi connectivity index (χ1v) is 8.70. The van der Waals surface area contributed by atoms with E-state index in [1.54, 1.807) is 31.5 Å². The molecule has 1 fully saturated rings. The molecule has 0 radical (unpaired) electrons. The van der Waals surface area contributed by atoms with Crippen molar-refractivity contribution in [3.63, 3.8) is 0 Å². The maximum Gasteiger partial charge on any atom is 0.324 e. The van der Waals surface area contributed by atoms with Gasteiger partial charge in [0, 0.05) is 18.9 Å². The molecule has 1 aliphatic heterocycles. The van der Waals surface area contributed by atoms with Gasteiger partial charge in [0.15, 0.2) is 0 Å². The number of nitrogens with zero attached hydrogens (tertiary/aromatic N) is 2. The zero-order valence-electron chi connectivity index (χ0n) is 12.1. The minimum atomic E-state index is -3.46. The molecule has 1 aromatic heterocycles. The number of carbonyl (C=O) groups is 1. The minimum absolute atomic E-state index is 0.00703. The number of hydrogen-bond acceptors (Lipinski definition) is 5. The summed E-state index contributed by atoms with van der Waals surface area (Å²) in [6.07, 6.45) is 4.92. The number of esters is 1. The van der Waals surface area contributed by atoms with Crippen LogP contribution in [0, 0.1) is 0 Å². The first kappa shape index (κ1) is 15.9. The van der Waals surface area contributed by atoms with E-state index >= 15 is 0 Å². The Hall–Kier alpha value is -1.47. The summed E-state index contributed by atoms with van der Waals surface area (Å²) < 4.78 is 31.1. The van der Waals surface area contributed by atoms with Crippen LogP contribution >= 0.6 is 0 Å². The van der Waals surface area contributed by atoms with Crippen molar-refractivity contribution in [2.24, 2.45) is 0 Å². The highest BCUT2D eigenvalue weighted by Crippen LogP contribution is 2.23. The number of sulfonamides is 1. The van der Waals surface area contributed by atoms with E-state index in [1.807, 2.05) is 0 Å². The topological polar surface area (TPSA) is 76.6 Å². The van der Waals surface area contributed by atoms with Gasteiger partial charge in [-0.25, -0.2) is 8.42 Å². The Bertz CT molecular complexity index is 574. The van der Waals surface area contributed by atoms with Crippen LogP contribution in [0.15, 0.2) is 24.5 Å². The first-order chi connectivity index (χ1) is 10.0. The van der Waals surface area contributed by atoms with E-state index in [2.05, 4.69) is 4.98 Å². The predicted molar refractivity (Wildman–Crippen MR) is 78.1 cm³/mol. The fourth-order valence-electron chi connectivity index (χ4n) is 2.46. The lowest BCUT2D eigenvalue weighted by atomic mass is 10.2. The molecule has 0 saturated carbocycles. The van der Waals surface area contributed by atoms with Gasteiger partial charge in [0.1, 0.15) is 6.04 Å². The fourth-order valence-corrected chi connectivity index (χ4v) is 4.18. The molecule has 0 bridgehead atoms. The van der Waals surface area contributed by atoms with Gasteiger partial charge in [-0.2, -0.15) is 4.31 Å². The molecule has 1 saturated heterocycles. The maximum absolute atomic E-state index is 12.4. The minimum Gasteiger partial charge on any atom is -0.465 e. The number of hydrogen-bond donors (Lipinski definition) is 0. The van der Waals surface area contributed by atoms with Crippen LogP contribution in [0.2, 0.25) is 0 Å². The molecule has 0 amide bonds. The number of aromatic nitrogens is 1. The lowest BCUT2D eigenvalue weighted by Crippen LogP contribution is -2.42. The average Bonchev–Trinajstić information content (AvgIpc) is 2.97. The molecule has 1 aromatic rings. The third kappa shape index (κ3) is 4.01. The summed E-state index contributed by atoms with van der Waals surface area (Å²) in [5, 5.41) is 0. The Morgan fingerprint density at radius 3 is 2.81 bits per heavy atom. The molecule has 116 valence electrons. The lowest BCUT2D eigenvalue weighted by Gasteiger charge is -2.22. The van der Waals surface area contributed by atoms with Gasteiger partial charge in [-0.05, 0) is 43.9 Å². The van der Waals surface area contributed by atoms with Crippen LogP contribution in [0.5, 0.6) is 0 Å². The van der Waals surface area contributed by atoms with Gasteiger partial charge >= 0.3 is 5.97 Å². The Morgan fingerprint density at radius 1 is 1.43 bits per heavy atom. The molecule has 7 heteroatoms. The molecular weight excluding hydrogens is 292 g/mol. The molecule has 1 atom stereocenters. The fraction of sp³-hybridized carbons (Fsp3) is 0.571. The standard InChI is InChI=1S/C14H20N2O4S/c1-2-20-14(17)13-4-3-10-16(13)21(18,19)11-7-12-5-8-15-9-6-12/h5-6,8-9,13H,2-4,7,10-11H2,1H3. The molecular formula is C14H20N2O4S. The van der Waals surface area contributed by atoms with Crippen molar-refractivity contribution in [2.75, 3.05) is 18.9 Å². The van der Waals surface area contributed by atoms with Gasteiger partial charge in [0.2, 0.25) is 10.0 Å². The Kier molecular flexibility index (Phi) is 5.30. The van der Waals surface area contributed by atoms with E-state index in [9.17, 15) is 13.2 Å². The number of rotatable bonds is 6. The number of ether oxygens (including phenoxy) is 1. The number of carbonyl (C=O) groups excluding carboxylic acids is 1. The summed E-state index contributed by atoms with van der Waals surface area (Å²) in [5.74, 6) is -0.449. The molecule has 21 heavy (non-hydrogen) atoms. The van der Waals surface area contributed by atoms with Crippen LogP contribution in [0.25, 0.3) is 0 Å². The van der Waals surface area contributed by atoms with Gasteiger partial charge in [-0.15, -0.1) is 0 Å². The Balaban J connectivity index is 2.02. The highest BCUT2D eigenvalue weighted by molar-refractivity contribution is 7.89. The van der Waals surface area contributed by atoms with Crippen molar-refractivity contribution in [3.05, 3.63) is 30.1 Å². The largest absolute Gasteiger partial charge is 0.465 e. The van der Waals surface area contributed by atoms with Crippen LogP contribution in [-0.4, -0.2) is 48.6 Å². The zero-order valence-corrected chi connectivity index (χ0v) is 12.9. The molecule has 0 aromatic carbocycles. The summed E-state index contributed by atoms with van der Waals surface area (Å²) in [5.41, 5.74) is 0.917. The van der Waals surface area contributed by atoms with Crippen LogP contribution in [0.1, 0.15) is 25.3 Å². The molecule has 1 unspecified atom stereocenters. The quantitative estimate of drug-likeness (QED) is 0.732. The normalized spacial score (nSPS) is 19.6. The van der Waals surface area contributed by atoms with Crippen LogP contribution in [-0.2, 0) is 26.0 Å². The van der Waals surface area contributed by atoms with E-state index in [0.717, 1.165) is 5.56 Å². The van der Waals surface area contributed by atoms with E-state index < -0.39 is 22.0 Å². The third-order valence-electron chi connectivity index (χ3n) is 3.52. The summed E-state index contributed by atoms with van der Waals surface area (Å²) in [6, 6.07) is 2.93. The Labute approximate surface area is 125 Å².